The molecule has 1 heterocycles. The van der Waals surface area contributed by atoms with Gasteiger partial charge in [-0.25, -0.2) is 0 Å². The van der Waals surface area contributed by atoms with Crippen LogP contribution in [0.4, 0.5) is 0 Å². The molecule has 4 unspecified atom stereocenters. The molecule has 0 aromatic rings. The topological polar surface area (TPSA) is 3.24 Å². The lowest BCUT2D eigenvalue weighted by atomic mass is 9.79. The number of hydrogen-bond donors (Lipinski definition) is 0. The van der Waals surface area contributed by atoms with Gasteiger partial charge in [0.1, 0.15) is 0 Å². The molecule has 0 N–H and O–H groups in total. The Bertz CT molecular complexity index is 166. The van der Waals surface area contributed by atoms with Crippen LogP contribution in [-0.4, -0.2) is 25.0 Å². The van der Waals surface area contributed by atoms with E-state index in [2.05, 4.69) is 25.8 Å². The van der Waals surface area contributed by atoms with Crippen molar-refractivity contribution >= 4 is 0 Å². The summed E-state index contributed by atoms with van der Waals surface area (Å²) in [6.07, 6.45) is 2.98. The lowest BCUT2D eigenvalue weighted by Gasteiger charge is -2.39. The van der Waals surface area contributed by atoms with Crippen LogP contribution in [0, 0.1) is 23.7 Å². The van der Waals surface area contributed by atoms with Crippen LogP contribution in [0.15, 0.2) is 0 Å². The first kappa shape index (κ1) is 8.55. The van der Waals surface area contributed by atoms with Crippen LogP contribution < -0.4 is 0 Å². The summed E-state index contributed by atoms with van der Waals surface area (Å²) in [5.41, 5.74) is 0. The Morgan fingerprint density at radius 2 is 1.67 bits per heavy atom. The van der Waals surface area contributed by atoms with E-state index < -0.39 is 0 Å². The minimum Gasteiger partial charge on any atom is -0.306 e. The number of hydrogen-bond acceptors (Lipinski definition) is 1. The van der Waals surface area contributed by atoms with Gasteiger partial charge in [0.2, 0.25) is 0 Å². The zero-order chi connectivity index (χ0) is 8.72. The number of likely N-dealkylation sites (tertiary alicyclic amines) is 1. The molecule has 12 heavy (non-hydrogen) atoms. The van der Waals surface area contributed by atoms with E-state index in [1.54, 1.807) is 0 Å². The second-order valence-electron chi connectivity index (χ2n) is 5.08. The van der Waals surface area contributed by atoms with Crippen molar-refractivity contribution in [3.8, 4) is 0 Å². The Kier molecular flexibility index (Phi) is 2.16. The molecule has 0 spiro atoms. The van der Waals surface area contributed by atoms with Crippen LogP contribution in [0.1, 0.15) is 26.7 Å². The zero-order valence-corrected chi connectivity index (χ0v) is 8.59. The Hall–Kier alpha value is -0.0400. The van der Waals surface area contributed by atoms with Gasteiger partial charge >= 0.3 is 0 Å². The molecule has 0 aromatic carbocycles. The van der Waals surface area contributed by atoms with E-state index in [9.17, 15) is 0 Å². The largest absolute Gasteiger partial charge is 0.306 e. The summed E-state index contributed by atoms with van der Waals surface area (Å²) in [5.74, 6) is 3.99. The van der Waals surface area contributed by atoms with Crippen molar-refractivity contribution in [1.82, 2.24) is 4.90 Å². The fourth-order valence-electron chi connectivity index (χ4n) is 3.39. The molecule has 0 amide bonds. The van der Waals surface area contributed by atoms with E-state index in [1.807, 2.05) is 0 Å². The molecule has 1 saturated heterocycles. The lowest BCUT2D eigenvalue weighted by molar-refractivity contribution is 0.0927. The molecule has 1 aliphatic heterocycles. The minimum atomic E-state index is 0.943. The second kappa shape index (κ2) is 3.02. The van der Waals surface area contributed by atoms with Gasteiger partial charge in [0.15, 0.2) is 0 Å². The summed E-state index contributed by atoms with van der Waals surface area (Å²) < 4.78 is 0. The lowest BCUT2D eigenvalue weighted by Crippen LogP contribution is -2.42. The summed E-state index contributed by atoms with van der Waals surface area (Å²) in [6.45, 7) is 7.56. The van der Waals surface area contributed by atoms with Gasteiger partial charge in [0.25, 0.3) is 0 Å². The van der Waals surface area contributed by atoms with Gasteiger partial charge in [-0.1, -0.05) is 20.3 Å². The van der Waals surface area contributed by atoms with Crippen LogP contribution in [0.3, 0.4) is 0 Å². The molecular formula is C11H21N. The highest BCUT2D eigenvalue weighted by molar-refractivity contribution is 4.91. The molecular weight excluding hydrogens is 146 g/mol. The fourth-order valence-corrected chi connectivity index (χ4v) is 3.39. The van der Waals surface area contributed by atoms with Gasteiger partial charge in [0, 0.05) is 13.1 Å². The fraction of sp³-hybridized carbons (Fsp3) is 1.00. The minimum absolute atomic E-state index is 0.943. The molecule has 2 rings (SSSR count). The maximum absolute atomic E-state index is 2.52. The molecule has 1 aliphatic carbocycles. The maximum Gasteiger partial charge on any atom is 0.00120 e. The Labute approximate surface area is 76.1 Å². The highest BCUT2D eigenvalue weighted by atomic mass is 15.1. The molecule has 70 valence electrons. The first-order valence-electron chi connectivity index (χ1n) is 5.37. The van der Waals surface area contributed by atoms with Gasteiger partial charge in [-0.2, -0.15) is 0 Å². The number of nitrogens with zero attached hydrogens (tertiary/aromatic N) is 1. The summed E-state index contributed by atoms with van der Waals surface area (Å²) >= 11 is 0. The average molecular weight is 167 g/mol. The van der Waals surface area contributed by atoms with Gasteiger partial charge in [-0.15, -0.1) is 0 Å². The first-order chi connectivity index (χ1) is 5.68. The third-order valence-corrected chi connectivity index (χ3v) is 4.09. The molecule has 0 aromatic heterocycles. The highest BCUT2D eigenvalue weighted by Crippen LogP contribution is 2.43. The van der Waals surface area contributed by atoms with Crippen molar-refractivity contribution in [2.45, 2.75) is 26.7 Å². The van der Waals surface area contributed by atoms with Gasteiger partial charge < -0.3 is 4.90 Å². The van der Waals surface area contributed by atoms with E-state index in [-0.39, 0.29) is 0 Å². The summed E-state index contributed by atoms with van der Waals surface area (Å²) in [5, 5.41) is 0. The number of fused-ring (bicyclic) bond motifs is 1. The normalized spacial score (nSPS) is 49.2. The third kappa shape index (κ3) is 1.28. The monoisotopic (exact) mass is 167 g/mol. The van der Waals surface area contributed by atoms with Crippen molar-refractivity contribution in [2.24, 2.45) is 23.7 Å². The second-order valence-corrected chi connectivity index (χ2v) is 5.08. The molecule has 0 bridgehead atoms. The Balaban J connectivity index is 2.08. The Morgan fingerprint density at radius 1 is 0.917 bits per heavy atom. The standard InChI is InChI=1S/C11H21N/c1-8-4-5-10-9(2)6-12(3)7-11(8)10/h8-11H,4-7H2,1-3H3. The molecule has 1 saturated carbocycles. The molecule has 0 radical (unpaired) electrons. The summed E-state index contributed by atoms with van der Waals surface area (Å²) in [4.78, 5) is 2.52. The van der Waals surface area contributed by atoms with Gasteiger partial charge in [-0.05, 0) is 37.1 Å². The van der Waals surface area contributed by atoms with E-state index in [1.165, 1.54) is 25.9 Å². The molecule has 2 fully saturated rings. The van der Waals surface area contributed by atoms with Crippen LogP contribution in [0.25, 0.3) is 0 Å². The molecule has 2 aliphatic rings. The third-order valence-electron chi connectivity index (χ3n) is 4.09. The van der Waals surface area contributed by atoms with E-state index in [0.717, 1.165) is 23.7 Å². The smallest absolute Gasteiger partial charge is 0.00120 e. The van der Waals surface area contributed by atoms with E-state index in [4.69, 9.17) is 0 Å². The summed E-state index contributed by atoms with van der Waals surface area (Å²) in [7, 11) is 2.28. The predicted molar refractivity (Wildman–Crippen MR) is 52.0 cm³/mol. The van der Waals surface area contributed by atoms with Crippen LogP contribution in [0.2, 0.25) is 0 Å². The molecule has 1 nitrogen and oxygen atoms in total. The van der Waals surface area contributed by atoms with Crippen LogP contribution >= 0.6 is 0 Å². The number of piperidine rings is 1. The maximum atomic E-state index is 2.52. The SMILES string of the molecule is CC1CN(C)CC2C(C)CCC12. The van der Waals surface area contributed by atoms with Crippen LogP contribution in [0.5, 0.6) is 0 Å². The van der Waals surface area contributed by atoms with Crippen molar-refractivity contribution in [2.75, 3.05) is 20.1 Å². The van der Waals surface area contributed by atoms with Crippen LogP contribution in [-0.2, 0) is 0 Å². The average Bonchev–Trinajstić information content (AvgIpc) is 2.33. The first-order valence-corrected chi connectivity index (χ1v) is 5.37. The van der Waals surface area contributed by atoms with Gasteiger partial charge in [0.05, 0.1) is 0 Å². The highest BCUT2D eigenvalue weighted by Gasteiger charge is 2.40. The van der Waals surface area contributed by atoms with Crippen molar-refractivity contribution in [3.05, 3.63) is 0 Å². The van der Waals surface area contributed by atoms with E-state index >= 15 is 0 Å². The van der Waals surface area contributed by atoms with Gasteiger partial charge in [-0.3, -0.25) is 0 Å². The summed E-state index contributed by atoms with van der Waals surface area (Å²) in [6, 6.07) is 0. The quantitative estimate of drug-likeness (QED) is 0.535. The van der Waals surface area contributed by atoms with E-state index in [0.29, 0.717) is 0 Å². The molecule has 4 atom stereocenters. The van der Waals surface area contributed by atoms with Crippen molar-refractivity contribution in [1.29, 1.82) is 0 Å². The number of rotatable bonds is 0. The van der Waals surface area contributed by atoms with Crippen molar-refractivity contribution in [3.63, 3.8) is 0 Å². The molecule has 1 heteroatoms. The Morgan fingerprint density at radius 3 is 2.42 bits per heavy atom. The predicted octanol–water partition coefficient (Wildman–Crippen LogP) is 2.23. The van der Waals surface area contributed by atoms with Crippen molar-refractivity contribution < 1.29 is 0 Å². The zero-order valence-electron chi connectivity index (χ0n) is 8.59.